The molecule has 1 aliphatic heterocycles. The molecule has 0 spiro atoms. The van der Waals surface area contributed by atoms with Gasteiger partial charge in [-0.3, -0.25) is 0 Å². The molecular formula is C13H18Br2MgO. The van der Waals surface area contributed by atoms with E-state index < -0.39 is 0 Å². The number of benzene rings is 1. The van der Waals surface area contributed by atoms with Gasteiger partial charge in [0.15, 0.2) is 0 Å². The van der Waals surface area contributed by atoms with Crippen molar-refractivity contribution in [1.82, 2.24) is 0 Å². The molecule has 0 aliphatic carbocycles. The van der Waals surface area contributed by atoms with Crippen molar-refractivity contribution in [1.29, 1.82) is 0 Å². The van der Waals surface area contributed by atoms with E-state index in [9.17, 15) is 0 Å². The van der Waals surface area contributed by atoms with Crippen LogP contribution in [0.5, 0.6) is 0 Å². The molecule has 1 aromatic carbocycles. The second-order valence-electron chi connectivity index (χ2n) is 3.84. The zero-order valence-electron chi connectivity index (χ0n) is 10.6. The summed E-state index contributed by atoms with van der Waals surface area (Å²) < 4.78 is 6.08. The molecule has 1 nitrogen and oxygen atoms in total. The van der Waals surface area contributed by atoms with Crippen LogP contribution in [0.2, 0.25) is 0 Å². The van der Waals surface area contributed by atoms with Crippen LogP contribution in [-0.2, 0) is 4.74 Å². The molecule has 0 unspecified atom stereocenters. The van der Waals surface area contributed by atoms with Crippen LogP contribution in [0.15, 0.2) is 16.6 Å². The van der Waals surface area contributed by atoms with Crippen molar-refractivity contribution in [3.63, 3.8) is 0 Å². The number of halogens is 2. The van der Waals surface area contributed by atoms with E-state index >= 15 is 0 Å². The van der Waals surface area contributed by atoms with Gasteiger partial charge in [0.25, 0.3) is 0 Å². The molecule has 0 N–H and O–H groups in total. The Morgan fingerprint density at radius 1 is 1.12 bits per heavy atom. The Balaban J connectivity index is 0. The van der Waals surface area contributed by atoms with Gasteiger partial charge in [0, 0.05) is 13.2 Å². The van der Waals surface area contributed by atoms with Crippen molar-refractivity contribution in [3.05, 3.63) is 40.2 Å². The van der Waals surface area contributed by atoms with Gasteiger partial charge in [0.05, 0.1) is 0 Å². The van der Waals surface area contributed by atoms with Crippen LogP contribution in [0.25, 0.3) is 0 Å². The minimum Gasteiger partial charge on any atom is -1.00 e. The van der Waals surface area contributed by atoms with Gasteiger partial charge in [-0.15, -0.1) is 12.1 Å². The van der Waals surface area contributed by atoms with Crippen molar-refractivity contribution < 1.29 is 21.7 Å². The van der Waals surface area contributed by atoms with Gasteiger partial charge >= 0.3 is 23.1 Å². The molecule has 1 fully saturated rings. The second kappa shape index (κ2) is 10.7. The van der Waals surface area contributed by atoms with Gasteiger partial charge in [-0.1, -0.05) is 29.8 Å². The predicted molar refractivity (Wildman–Crippen MR) is 73.9 cm³/mol. The van der Waals surface area contributed by atoms with Crippen LogP contribution in [0.3, 0.4) is 0 Å². The Labute approximate surface area is 140 Å². The quantitative estimate of drug-likeness (QED) is 0.479. The smallest absolute Gasteiger partial charge is 1.00 e. The summed E-state index contributed by atoms with van der Waals surface area (Å²) in [6.45, 7) is 10.1. The zero-order valence-corrected chi connectivity index (χ0v) is 15.1. The maximum absolute atomic E-state index is 4.94. The first-order valence-electron chi connectivity index (χ1n) is 5.27. The largest absolute Gasteiger partial charge is 2.00 e. The summed E-state index contributed by atoms with van der Waals surface area (Å²) in [5.41, 5.74) is 3.63. The zero-order chi connectivity index (χ0) is 11.3. The number of ether oxygens (including phenoxy) is 1. The Bertz CT molecular complexity index is 295. The molecule has 0 aromatic heterocycles. The minimum atomic E-state index is 0. The van der Waals surface area contributed by atoms with E-state index in [1.165, 1.54) is 24.0 Å². The van der Waals surface area contributed by atoms with Crippen LogP contribution in [-0.4, -0.2) is 36.3 Å². The summed E-state index contributed by atoms with van der Waals surface area (Å²) in [6.07, 6.45) is 2.56. The van der Waals surface area contributed by atoms with Gasteiger partial charge in [-0.25, -0.2) is 0 Å². The first-order valence-corrected chi connectivity index (χ1v) is 6.07. The van der Waals surface area contributed by atoms with Crippen LogP contribution in [0, 0.1) is 20.8 Å². The van der Waals surface area contributed by atoms with Gasteiger partial charge in [0.1, 0.15) is 0 Å². The fraction of sp³-hybridized carbons (Fsp3) is 0.462. The topological polar surface area (TPSA) is 9.23 Å². The summed E-state index contributed by atoms with van der Waals surface area (Å²) in [4.78, 5) is 0. The first kappa shape index (κ1) is 20.1. The van der Waals surface area contributed by atoms with Gasteiger partial charge in [-0.05, 0) is 17.3 Å². The van der Waals surface area contributed by atoms with E-state index in [-0.39, 0.29) is 40.0 Å². The van der Waals surface area contributed by atoms with E-state index in [0.717, 1.165) is 23.2 Å². The normalized spacial score (nSPS) is 12.9. The van der Waals surface area contributed by atoms with E-state index in [1.54, 1.807) is 0 Å². The minimum absolute atomic E-state index is 0. The number of hydrogen-bond donors (Lipinski definition) is 0. The molecule has 1 aliphatic rings. The Morgan fingerprint density at radius 2 is 1.53 bits per heavy atom. The van der Waals surface area contributed by atoms with E-state index in [4.69, 9.17) is 4.74 Å². The standard InChI is InChI=1S/C9H10Br.C4H8O.BrH.Mg/c1-6-4-9(10)5-7(2)8(6)3;1-2-4-5-3-1;;/h4-5H,3H2,1-2H3;1-4H2;1H;/q-1;;;+2/p-1. The molecule has 4 heteroatoms. The van der Waals surface area contributed by atoms with Crippen molar-refractivity contribution in [2.75, 3.05) is 13.2 Å². The van der Waals surface area contributed by atoms with Crippen molar-refractivity contribution in [2.45, 2.75) is 26.7 Å². The third kappa shape index (κ3) is 7.72. The average molecular weight is 374 g/mol. The third-order valence-electron chi connectivity index (χ3n) is 2.49. The molecule has 17 heavy (non-hydrogen) atoms. The number of rotatable bonds is 0. The number of hydrogen-bond acceptors (Lipinski definition) is 1. The molecule has 0 saturated carbocycles. The molecule has 1 heterocycles. The maximum Gasteiger partial charge on any atom is 2.00 e. The Morgan fingerprint density at radius 3 is 1.82 bits per heavy atom. The summed E-state index contributed by atoms with van der Waals surface area (Å²) in [7, 11) is 0. The Hall–Kier alpha value is 0.776. The molecule has 0 radical (unpaired) electrons. The summed E-state index contributed by atoms with van der Waals surface area (Å²) >= 11 is 3.42. The molecule has 0 atom stereocenters. The van der Waals surface area contributed by atoms with Gasteiger partial charge in [-0.2, -0.15) is 23.6 Å². The fourth-order valence-corrected chi connectivity index (χ4v) is 2.14. The SMILES string of the molecule is C1CCOC1.[Br-].[CH2-]c1c(C)cc(Br)cc1C.[Mg+2]. The molecule has 1 aromatic rings. The molecule has 0 bridgehead atoms. The summed E-state index contributed by atoms with van der Waals surface area (Å²) in [6, 6.07) is 4.16. The maximum atomic E-state index is 4.94. The Kier molecular flexibility index (Phi) is 12.6. The molecule has 0 amide bonds. The third-order valence-corrected chi connectivity index (χ3v) is 2.95. The summed E-state index contributed by atoms with van der Waals surface area (Å²) in [5, 5.41) is 0. The molecule has 2 rings (SSSR count). The van der Waals surface area contributed by atoms with Crippen molar-refractivity contribution >= 4 is 39.0 Å². The van der Waals surface area contributed by atoms with Crippen LogP contribution >= 0.6 is 15.9 Å². The molecular weight excluding hydrogens is 356 g/mol. The van der Waals surface area contributed by atoms with E-state index in [0.29, 0.717) is 0 Å². The van der Waals surface area contributed by atoms with E-state index in [1.807, 2.05) is 0 Å². The fourth-order valence-electron chi connectivity index (χ4n) is 1.45. The molecule has 1 saturated heterocycles. The summed E-state index contributed by atoms with van der Waals surface area (Å²) in [5.74, 6) is 0. The van der Waals surface area contributed by atoms with E-state index in [2.05, 4.69) is 48.8 Å². The average Bonchev–Trinajstić information content (AvgIpc) is 2.71. The monoisotopic (exact) mass is 372 g/mol. The van der Waals surface area contributed by atoms with Crippen LogP contribution < -0.4 is 17.0 Å². The van der Waals surface area contributed by atoms with Crippen molar-refractivity contribution in [3.8, 4) is 0 Å². The number of aryl methyl sites for hydroxylation is 2. The predicted octanol–water partition coefficient (Wildman–Crippen LogP) is 0.668. The van der Waals surface area contributed by atoms with Gasteiger partial charge in [0.2, 0.25) is 0 Å². The van der Waals surface area contributed by atoms with Gasteiger partial charge < -0.3 is 21.7 Å². The van der Waals surface area contributed by atoms with Crippen LogP contribution in [0.4, 0.5) is 0 Å². The second-order valence-corrected chi connectivity index (χ2v) is 4.75. The molecule has 92 valence electrons. The van der Waals surface area contributed by atoms with Crippen LogP contribution in [0.1, 0.15) is 29.5 Å². The first-order chi connectivity index (χ1) is 7.11. The van der Waals surface area contributed by atoms with Crippen molar-refractivity contribution in [2.24, 2.45) is 0 Å².